The number of ether oxygens (including phenoxy) is 3. The van der Waals surface area contributed by atoms with Crippen LogP contribution >= 0.6 is 0 Å². The van der Waals surface area contributed by atoms with Gasteiger partial charge in [0, 0.05) is 13.5 Å². The fraction of sp³-hybridized carbons (Fsp3) is 0.500. The molecule has 28 heavy (non-hydrogen) atoms. The first-order chi connectivity index (χ1) is 13.3. The monoisotopic (exact) mass is 392 g/mol. The molecule has 0 aliphatic heterocycles. The Hall–Kier alpha value is -3.10. The molecule has 0 spiro atoms. The highest BCUT2D eigenvalue weighted by Crippen LogP contribution is 2.18. The van der Waals surface area contributed by atoms with Gasteiger partial charge in [-0.05, 0) is 32.4 Å². The van der Waals surface area contributed by atoms with Crippen LogP contribution in [-0.4, -0.2) is 60.0 Å². The van der Waals surface area contributed by atoms with Crippen molar-refractivity contribution in [2.24, 2.45) is 0 Å². The minimum Gasteiger partial charge on any atom is -0.495 e. The molecule has 0 saturated heterocycles. The first-order valence-electron chi connectivity index (χ1n) is 8.56. The van der Waals surface area contributed by atoms with Gasteiger partial charge in [0.05, 0.1) is 25.1 Å². The van der Waals surface area contributed by atoms with E-state index in [0.717, 1.165) is 6.21 Å². The number of aromatic nitrogens is 1. The number of pyridine rings is 1. The van der Waals surface area contributed by atoms with E-state index in [2.05, 4.69) is 15.1 Å². The fourth-order valence-corrected chi connectivity index (χ4v) is 2.26. The highest BCUT2D eigenvalue weighted by molar-refractivity contribution is 6.25. The summed E-state index contributed by atoms with van der Waals surface area (Å²) in [6.07, 6.45) is 0.533. The third kappa shape index (κ3) is 7.26. The van der Waals surface area contributed by atoms with Crippen molar-refractivity contribution in [1.82, 2.24) is 10.3 Å². The lowest BCUT2D eigenvalue weighted by Crippen LogP contribution is -2.45. The maximum Gasteiger partial charge on any atom is 0.328 e. The summed E-state index contributed by atoms with van der Waals surface area (Å²) in [4.78, 5) is 43.2. The maximum atomic E-state index is 12.6. The van der Waals surface area contributed by atoms with Crippen LogP contribution in [0.4, 0.5) is 0 Å². The van der Waals surface area contributed by atoms with Crippen molar-refractivity contribution in [2.45, 2.75) is 44.9 Å². The van der Waals surface area contributed by atoms with Gasteiger partial charge >= 0.3 is 12.2 Å². The van der Waals surface area contributed by atoms with Crippen LogP contribution in [0.3, 0.4) is 0 Å². The van der Waals surface area contributed by atoms with Crippen molar-refractivity contribution in [2.75, 3.05) is 14.2 Å². The van der Waals surface area contributed by atoms with Gasteiger partial charge in [0.2, 0.25) is 5.78 Å². The number of rotatable bonds is 11. The Bertz CT molecular complexity index is 728. The fourth-order valence-electron chi connectivity index (χ4n) is 2.26. The van der Waals surface area contributed by atoms with Crippen molar-refractivity contribution in [3.8, 4) is 5.75 Å². The number of methoxy groups -OCH3 is 2. The normalized spacial score (nSPS) is 12.5. The highest BCUT2D eigenvalue weighted by Gasteiger charge is 2.29. The van der Waals surface area contributed by atoms with E-state index in [1.165, 1.54) is 20.4 Å². The topological polar surface area (TPSA) is 140 Å². The molecular formula is C18H24N4O6. The van der Waals surface area contributed by atoms with Gasteiger partial charge in [0.1, 0.15) is 11.8 Å². The Morgan fingerprint density at radius 2 is 2.00 bits per heavy atom. The lowest BCUT2D eigenvalue weighted by atomic mass is 10.1. The van der Waals surface area contributed by atoms with Gasteiger partial charge in [0.15, 0.2) is 6.10 Å². The Balaban J connectivity index is 2.92. The zero-order chi connectivity index (χ0) is 21.1. The number of nitrogens with one attached hydrogen (secondary N) is 1. The number of esters is 1. The van der Waals surface area contributed by atoms with Crippen LogP contribution in [0.15, 0.2) is 18.3 Å². The summed E-state index contributed by atoms with van der Waals surface area (Å²) < 4.78 is 15.4. The number of Topliss-reactive ketones (excluding diaryl/α,β-unsaturated/α-hetero) is 1. The molecule has 0 aromatic carbocycles. The molecule has 1 amide bonds. The van der Waals surface area contributed by atoms with Crippen LogP contribution in [0.2, 0.25) is 0 Å². The van der Waals surface area contributed by atoms with Crippen LogP contribution in [0.1, 0.15) is 38.5 Å². The predicted octanol–water partition coefficient (Wildman–Crippen LogP) is 0.864. The van der Waals surface area contributed by atoms with E-state index in [1.807, 2.05) is 0 Å². The number of nitrogens with zero attached hydrogens (tertiary/aromatic N) is 3. The van der Waals surface area contributed by atoms with E-state index >= 15 is 0 Å². The van der Waals surface area contributed by atoms with Crippen molar-refractivity contribution in [3.05, 3.63) is 29.6 Å². The summed E-state index contributed by atoms with van der Waals surface area (Å²) in [5.74, 6) is -1.29. The Kier molecular flexibility index (Phi) is 9.49. The molecule has 1 heterocycles. The molecule has 10 nitrogen and oxygen atoms in total. The number of ketones is 1. The minimum atomic E-state index is -1.08. The van der Waals surface area contributed by atoms with Gasteiger partial charge in [-0.25, -0.2) is 4.79 Å². The molecule has 10 heteroatoms. The zero-order valence-corrected chi connectivity index (χ0v) is 16.2. The average molecular weight is 392 g/mol. The van der Waals surface area contributed by atoms with Gasteiger partial charge in [-0.1, -0.05) is 0 Å². The predicted molar refractivity (Wildman–Crippen MR) is 97.6 cm³/mol. The number of carbonyl (C=O) groups excluding carboxylic acids is 3. The van der Waals surface area contributed by atoms with Crippen molar-refractivity contribution >= 4 is 23.9 Å². The number of amides is 1. The molecule has 0 radical (unpaired) electrons. The van der Waals surface area contributed by atoms with Crippen LogP contribution < -0.4 is 10.1 Å². The second-order valence-electron chi connectivity index (χ2n) is 6.04. The average Bonchev–Trinajstić information content (AvgIpc) is 2.65. The molecule has 0 saturated carbocycles. The van der Waals surface area contributed by atoms with E-state index in [1.54, 1.807) is 26.0 Å². The molecular weight excluding hydrogens is 368 g/mol. The Labute approximate surface area is 162 Å². The summed E-state index contributed by atoms with van der Waals surface area (Å²) in [6.45, 7) is 3.33. The maximum absolute atomic E-state index is 12.6. The van der Waals surface area contributed by atoms with Gasteiger partial charge < -0.3 is 25.1 Å². The molecule has 2 atom stereocenters. The molecule has 0 fully saturated rings. The molecule has 0 bridgehead atoms. The molecule has 1 aromatic rings. The number of hydrogen-bond acceptors (Lipinski definition) is 7. The van der Waals surface area contributed by atoms with Gasteiger partial charge in [-0.2, -0.15) is 4.79 Å². The zero-order valence-electron chi connectivity index (χ0n) is 16.2. The molecule has 0 aliphatic rings. The van der Waals surface area contributed by atoms with E-state index in [9.17, 15) is 14.4 Å². The molecule has 1 rings (SSSR count). The summed E-state index contributed by atoms with van der Waals surface area (Å²) in [6, 6.07) is 2.11. The van der Waals surface area contributed by atoms with E-state index in [0.29, 0.717) is 11.4 Å². The Morgan fingerprint density at radius 1 is 1.29 bits per heavy atom. The minimum absolute atomic E-state index is 0.0331. The lowest BCUT2D eigenvalue weighted by molar-refractivity contribution is -0.153. The summed E-state index contributed by atoms with van der Waals surface area (Å²) in [7, 11) is 2.82. The Morgan fingerprint density at radius 3 is 2.50 bits per heavy atom. The summed E-state index contributed by atoms with van der Waals surface area (Å²) >= 11 is 0. The van der Waals surface area contributed by atoms with Gasteiger partial charge in [-0.15, -0.1) is 0 Å². The molecule has 1 N–H and O–H groups in total. The van der Waals surface area contributed by atoms with Gasteiger partial charge in [-0.3, -0.25) is 14.6 Å². The highest BCUT2D eigenvalue weighted by atomic mass is 16.5. The summed E-state index contributed by atoms with van der Waals surface area (Å²) in [5, 5.41) is 2.53. The quantitative estimate of drug-likeness (QED) is 0.255. The largest absolute Gasteiger partial charge is 0.495 e. The summed E-state index contributed by atoms with van der Waals surface area (Å²) in [5.41, 5.74) is 8.72. The van der Waals surface area contributed by atoms with Crippen molar-refractivity contribution in [3.63, 3.8) is 0 Å². The van der Waals surface area contributed by atoms with E-state index < -0.39 is 35.9 Å². The van der Waals surface area contributed by atoms with E-state index in [-0.39, 0.29) is 12.8 Å². The smallest absolute Gasteiger partial charge is 0.328 e. The van der Waals surface area contributed by atoms with Crippen molar-refractivity contribution in [1.29, 1.82) is 0 Å². The third-order valence-corrected chi connectivity index (χ3v) is 3.57. The lowest BCUT2D eigenvalue weighted by Gasteiger charge is -2.21. The van der Waals surface area contributed by atoms with Crippen molar-refractivity contribution < 1.29 is 33.4 Å². The molecule has 1 aromatic heterocycles. The molecule has 0 unspecified atom stereocenters. The van der Waals surface area contributed by atoms with Gasteiger partial charge in [0.25, 0.3) is 5.91 Å². The van der Waals surface area contributed by atoms with E-state index in [4.69, 9.17) is 19.7 Å². The van der Waals surface area contributed by atoms with Crippen LogP contribution in [0.5, 0.6) is 5.75 Å². The van der Waals surface area contributed by atoms with Crippen LogP contribution in [0.25, 0.3) is 5.53 Å². The van der Waals surface area contributed by atoms with Crippen LogP contribution in [-0.2, 0) is 23.9 Å². The molecule has 152 valence electrons. The number of hydrogen-bond donors (Lipinski definition) is 1. The molecule has 0 aliphatic carbocycles. The SMILES string of the molecule is COc1ccc([C@H](OC)C(=O)N[C@@H](CCC(=O)C=[N+]=[N-])C(=O)OC(C)C)nc1. The second kappa shape index (κ2) is 11.6. The standard InChI is InChI=1S/C18H24N4O6/c1-11(2)28-18(25)15(7-5-12(23)9-21-19)22-17(24)16(27-4)14-8-6-13(26-3)10-20-14/h6,8-11,15-16H,5,7H2,1-4H3,(H,22,24)/t15-,16-/m0/s1. The second-order valence-corrected chi connectivity index (χ2v) is 6.04. The first-order valence-corrected chi connectivity index (χ1v) is 8.56. The first kappa shape index (κ1) is 22.9. The number of carbonyl (C=O) groups is 3. The third-order valence-electron chi connectivity index (χ3n) is 3.57. The van der Waals surface area contributed by atoms with Crippen LogP contribution in [0, 0.1) is 0 Å².